The van der Waals surface area contributed by atoms with Crippen molar-refractivity contribution in [1.82, 2.24) is 9.97 Å². The number of H-pyrrole nitrogens is 1. The van der Waals surface area contributed by atoms with Gasteiger partial charge in [0.1, 0.15) is 16.0 Å². The van der Waals surface area contributed by atoms with Gasteiger partial charge in [-0.05, 0) is 28.1 Å². The highest BCUT2D eigenvalue weighted by atomic mass is 79.9. The zero-order valence-corrected chi connectivity index (χ0v) is 10.1. The number of ether oxygens (including phenoxy) is 1. The van der Waals surface area contributed by atoms with E-state index in [1.54, 1.807) is 7.11 Å². The molecule has 1 N–H and O–H groups in total. The fourth-order valence-electron chi connectivity index (χ4n) is 1.44. The van der Waals surface area contributed by atoms with Crippen molar-refractivity contribution in [2.45, 2.75) is 0 Å². The number of nitrogens with one attached hydrogen (secondary N) is 1. The van der Waals surface area contributed by atoms with Crippen LogP contribution in [0, 0.1) is 0 Å². The predicted molar refractivity (Wildman–Crippen MR) is 63.7 cm³/mol. The van der Waals surface area contributed by atoms with Gasteiger partial charge in [0.2, 0.25) is 0 Å². The first-order valence-electron chi connectivity index (χ1n) is 4.60. The lowest BCUT2D eigenvalue weighted by Crippen LogP contribution is -1.88. The third-order valence-electron chi connectivity index (χ3n) is 2.15. The lowest BCUT2D eigenvalue weighted by molar-refractivity contribution is 0.111. The van der Waals surface area contributed by atoms with E-state index in [2.05, 4.69) is 25.9 Å². The third kappa shape index (κ3) is 1.86. The topological polar surface area (TPSA) is 55.0 Å². The molecule has 4 nitrogen and oxygen atoms in total. The van der Waals surface area contributed by atoms with Crippen molar-refractivity contribution >= 4 is 22.2 Å². The highest BCUT2D eigenvalue weighted by Gasteiger charge is 2.13. The number of nitrogens with zero attached hydrogens (tertiary/aromatic N) is 1. The van der Waals surface area contributed by atoms with Crippen LogP contribution in [0.4, 0.5) is 0 Å². The minimum atomic E-state index is 0.285. The van der Waals surface area contributed by atoms with Crippen molar-refractivity contribution in [1.29, 1.82) is 0 Å². The summed E-state index contributed by atoms with van der Waals surface area (Å²) in [6, 6.07) is 7.49. The molecule has 0 aliphatic heterocycles. The van der Waals surface area contributed by atoms with Gasteiger partial charge >= 0.3 is 0 Å². The molecule has 2 rings (SSSR count). The number of hydrogen-bond donors (Lipinski definition) is 1. The summed E-state index contributed by atoms with van der Waals surface area (Å²) in [4.78, 5) is 17.6. The van der Waals surface area contributed by atoms with Gasteiger partial charge in [-0.25, -0.2) is 4.98 Å². The summed E-state index contributed by atoms with van der Waals surface area (Å²) in [6.07, 6.45) is 0.670. The lowest BCUT2D eigenvalue weighted by atomic mass is 10.1. The second-order valence-corrected chi connectivity index (χ2v) is 3.90. The Morgan fingerprint density at radius 1 is 1.44 bits per heavy atom. The second kappa shape index (κ2) is 4.49. The number of imidazole rings is 1. The summed E-state index contributed by atoms with van der Waals surface area (Å²) >= 11 is 3.33. The number of aromatic amines is 1. The number of carbonyl (C=O) groups is 1. The molecule has 1 aromatic carbocycles. The summed E-state index contributed by atoms with van der Waals surface area (Å²) in [6.45, 7) is 0. The quantitative estimate of drug-likeness (QED) is 0.880. The van der Waals surface area contributed by atoms with Crippen LogP contribution in [-0.4, -0.2) is 23.4 Å². The van der Waals surface area contributed by atoms with E-state index in [0.29, 0.717) is 22.3 Å². The predicted octanol–water partition coefficient (Wildman–Crippen LogP) is 2.66. The summed E-state index contributed by atoms with van der Waals surface area (Å²) in [5.41, 5.74) is 1.50. The molecular formula is C11H9BrN2O2. The summed E-state index contributed by atoms with van der Waals surface area (Å²) in [5, 5.41) is 0. The molecule has 2 aromatic rings. The van der Waals surface area contributed by atoms with Crippen molar-refractivity contribution in [3.8, 4) is 17.0 Å². The molecule has 0 amide bonds. The molecule has 0 aliphatic carbocycles. The smallest absolute Gasteiger partial charge is 0.185 e. The lowest BCUT2D eigenvalue weighted by Gasteiger charge is -2.05. The summed E-state index contributed by atoms with van der Waals surface area (Å²) in [7, 11) is 1.60. The van der Waals surface area contributed by atoms with E-state index in [9.17, 15) is 4.79 Å². The van der Waals surface area contributed by atoms with E-state index in [1.165, 1.54) is 0 Å². The molecule has 0 aliphatic rings. The van der Waals surface area contributed by atoms with Crippen molar-refractivity contribution in [3.05, 3.63) is 34.7 Å². The molecule has 82 valence electrons. The van der Waals surface area contributed by atoms with Crippen molar-refractivity contribution < 1.29 is 9.53 Å². The first-order chi connectivity index (χ1) is 7.76. The molecular weight excluding hydrogens is 272 g/mol. The van der Waals surface area contributed by atoms with Crippen LogP contribution in [-0.2, 0) is 0 Å². The van der Waals surface area contributed by atoms with Crippen LogP contribution in [0.2, 0.25) is 0 Å². The summed E-state index contributed by atoms with van der Waals surface area (Å²) < 4.78 is 5.90. The minimum absolute atomic E-state index is 0.285. The number of halogens is 1. The van der Waals surface area contributed by atoms with E-state index >= 15 is 0 Å². The van der Waals surface area contributed by atoms with Crippen molar-refractivity contribution in [3.63, 3.8) is 0 Å². The highest BCUT2D eigenvalue weighted by molar-refractivity contribution is 9.10. The Hall–Kier alpha value is -1.62. The highest BCUT2D eigenvalue weighted by Crippen LogP contribution is 2.32. The Labute approximate surface area is 101 Å². The molecule has 0 atom stereocenters. The van der Waals surface area contributed by atoms with Gasteiger partial charge in [0.05, 0.1) is 7.11 Å². The number of aldehydes is 1. The Kier molecular flexibility index (Phi) is 3.05. The van der Waals surface area contributed by atoms with Gasteiger partial charge in [0.25, 0.3) is 0 Å². The molecule has 1 aromatic heterocycles. The number of methoxy groups -OCH3 is 1. The van der Waals surface area contributed by atoms with Gasteiger partial charge in [-0.3, -0.25) is 4.79 Å². The maximum atomic E-state index is 10.6. The molecule has 0 fully saturated rings. The van der Waals surface area contributed by atoms with Gasteiger partial charge in [-0.1, -0.05) is 12.1 Å². The normalized spacial score (nSPS) is 10.1. The average Bonchev–Trinajstić information content (AvgIpc) is 2.70. The molecule has 0 saturated heterocycles. The van der Waals surface area contributed by atoms with Crippen LogP contribution in [0.1, 0.15) is 10.6 Å². The van der Waals surface area contributed by atoms with E-state index in [0.717, 1.165) is 5.56 Å². The zero-order valence-electron chi connectivity index (χ0n) is 8.53. The zero-order chi connectivity index (χ0) is 11.5. The second-order valence-electron chi connectivity index (χ2n) is 3.10. The van der Waals surface area contributed by atoms with Crippen LogP contribution in [0.15, 0.2) is 28.9 Å². The van der Waals surface area contributed by atoms with E-state index in [-0.39, 0.29) is 5.82 Å². The third-order valence-corrected chi connectivity index (χ3v) is 2.73. The van der Waals surface area contributed by atoms with Crippen LogP contribution in [0.5, 0.6) is 5.75 Å². The molecule has 1 heterocycles. The molecule has 0 radical (unpaired) electrons. The number of carbonyl (C=O) groups excluding carboxylic acids is 1. The molecule has 0 bridgehead atoms. The molecule has 0 saturated carbocycles. The van der Waals surface area contributed by atoms with Gasteiger partial charge in [-0.15, -0.1) is 0 Å². The molecule has 0 spiro atoms. The van der Waals surface area contributed by atoms with Crippen LogP contribution in [0.25, 0.3) is 11.3 Å². The maximum Gasteiger partial charge on any atom is 0.185 e. The monoisotopic (exact) mass is 280 g/mol. The first kappa shape index (κ1) is 10.9. The van der Waals surface area contributed by atoms with E-state index in [4.69, 9.17) is 4.74 Å². The molecule has 0 unspecified atom stereocenters. The van der Waals surface area contributed by atoms with Crippen LogP contribution >= 0.6 is 15.9 Å². The van der Waals surface area contributed by atoms with Gasteiger partial charge in [0.15, 0.2) is 12.1 Å². The number of aromatic nitrogens is 2. The number of rotatable bonds is 3. The number of para-hydroxylation sites is 1. The Morgan fingerprint density at radius 2 is 2.19 bits per heavy atom. The SMILES string of the molecule is COc1ccccc1-c1nc(C=O)[nH]c1Br. The Bertz CT molecular complexity index is 522. The number of benzene rings is 1. The van der Waals surface area contributed by atoms with Crippen LogP contribution < -0.4 is 4.74 Å². The Morgan fingerprint density at radius 3 is 2.81 bits per heavy atom. The van der Waals surface area contributed by atoms with E-state index in [1.807, 2.05) is 24.3 Å². The largest absolute Gasteiger partial charge is 0.496 e. The fraction of sp³-hybridized carbons (Fsp3) is 0.0909. The number of hydrogen-bond acceptors (Lipinski definition) is 3. The van der Waals surface area contributed by atoms with Gasteiger partial charge < -0.3 is 9.72 Å². The maximum absolute atomic E-state index is 10.6. The van der Waals surface area contributed by atoms with Gasteiger partial charge in [0, 0.05) is 5.56 Å². The van der Waals surface area contributed by atoms with Crippen molar-refractivity contribution in [2.24, 2.45) is 0 Å². The fourth-order valence-corrected chi connectivity index (χ4v) is 1.95. The van der Waals surface area contributed by atoms with E-state index < -0.39 is 0 Å². The minimum Gasteiger partial charge on any atom is -0.496 e. The van der Waals surface area contributed by atoms with Gasteiger partial charge in [-0.2, -0.15) is 0 Å². The average molecular weight is 281 g/mol. The molecule has 5 heteroatoms. The van der Waals surface area contributed by atoms with Crippen LogP contribution in [0.3, 0.4) is 0 Å². The first-order valence-corrected chi connectivity index (χ1v) is 5.39. The summed E-state index contributed by atoms with van der Waals surface area (Å²) in [5.74, 6) is 1.000. The Balaban J connectivity index is 2.57. The molecule has 16 heavy (non-hydrogen) atoms. The standard InChI is InChI=1S/C11H9BrN2O2/c1-16-8-5-3-2-4-7(8)10-11(12)14-9(6-15)13-10/h2-6H,1H3,(H,13,14). The van der Waals surface area contributed by atoms with Crippen molar-refractivity contribution in [2.75, 3.05) is 7.11 Å².